The van der Waals surface area contributed by atoms with Gasteiger partial charge < -0.3 is 24.9 Å². The second-order valence-electron chi connectivity index (χ2n) is 7.61. The van der Waals surface area contributed by atoms with Gasteiger partial charge in [-0.2, -0.15) is 0 Å². The van der Waals surface area contributed by atoms with E-state index in [2.05, 4.69) is 47.8 Å². The Hall–Kier alpha value is -0.240. The fourth-order valence-electron chi connectivity index (χ4n) is 2.84. The normalized spacial score (nSPS) is 15.0. The number of aliphatic hydroxyl groups is 2. The summed E-state index contributed by atoms with van der Waals surface area (Å²) in [5, 5.41) is 19.3. The molecule has 0 heterocycles. The summed E-state index contributed by atoms with van der Waals surface area (Å²) >= 11 is 0. The van der Waals surface area contributed by atoms with Crippen LogP contribution in [0.5, 0.6) is 0 Å². The summed E-state index contributed by atoms with van der Waals surface area (Å²) in [6, 6.07) is 0. The second kappa shape index (κ2) is 14.0. The molecule has 6 heteroatoms. The number of hydrogen-bond donors (Lipinski definition) is 2. The maximum absolute atomic E-state index is 9.66. The summed E-state index contributed by atoms with van der Waals surface area (Å²) in [6.07, 6.45) is 1.61. The Labute approximate surface area is 150 Å². The molecule has 0 rings (SSSR count). The van der Waals surface area contributed by atoms with E-state index in [1.807, 2.05) is 0 Å². The van der Waals surface area contributed by atoms with E-state index >= 15 is 0 Å². The molecule has 0 saturated heterocycles. The van der Waals surface area contributed by atoms with Crippen molar-refractivity contribution in [1.29, 1.82) is 0 Å². The molecule has 0 aliphatic carbocycles. The van der Waals surface area contributed by atoms with Crippen LogP contribution in [0.15, 0.2) is 0 Å². The van der Waals surface area contributed by atoms with Crippen molar-refractivity contribution in [3.8, 4) is 0 Å². The van der Waals surface area contributed by atoms with Gasteiger partial charge in [0.2, 0.25) is 0 Å². The highest BCUT2D eigenvalue weighted by Gasteiger charge is 2.13. The molecule has 0 aromatic carbocycles. The molecule has 0 aromatic heterocycles. The Bertz CT molecular complexity index is 262. The first kappa shape index (κ1) is 23.8. The van der Waals surface area contributed by atoms with Gasteiger partial charge in [0.25, 0.3) is 0 Å². The highest BCUT2D eigenvalue weighted by Crippen LogP contribution is 2.01. The average molecular weight is 347 g/mol. The molecule has 0 aliphatic rings. The van der Waals surface area contributed by atoms with E-state index in [1.165, 1.54) is 12.8 Å². The summed E-state index contributed by atoms with van der Waals surface area (Å²) in [6.45, 7) is 11.1. The molecule has 0 spiro atoms. The summed E-state index contributed by atoms with van der Waals surface area (Å²) in [5.41, 5.74) is 0. The largest absolute Gasteiger partial charge is 0.392 e. The van der Waals surface area contributed by atoms with Crippen LogP contribution in [-0.4, -0.2) is 123 Å². The fourth-order valence-corrected chi connectivity index (χ4v) is 2.84. The summed E-state index contributed by atoms with van der Waals surface area (Å²) in [5.74, 6) is 0. The highest BCUT2D eigenvalue weighted by molar-refractivity contribution is 4.68. The zero-order valence-electron chi connectivity index (χ0n) is 16.9. The lowest BCUT2D eigenvalue weighted by molar-refractivity contribution is 0.0755. The molecular formula is C18H42N4O2. The van der Waals surface area contributed by atoms with E-state index in [0.717, 1.165) is 39.3 Å². The van der Waals surface area contributed by atoms with Gasteiger partial charge in [0.1, 0.15) is 0 Å². The van der Waals surface area contributed by atoms with Gasteiger partial charge in [-0.25, -0.2) is 0 Å². The number of rotatable bonds is 15. The molecule has 0 fully saturated rings. The van der Waals surface area contributed by atoms with E-state index in [-0.39, 0.29) is 12.2 Å². The van der Waals surface area contributed by atoms with Gasteiger partial charge in [-0.1, -0.05) is 0 Å². The van der Waals surface area contributed by atoms with Crippen molar-refractivity contribution in [3.05, 3.63) is 0 Å². The van der Waals surface area contributed by atoms with Crippen LogP contribution in [0.1, 0.15) is 26.7 Å². The van der Waals surface area contributed by atoms with Crippen LogP contribution in [-0.2, 0) is 0 Å². The van der Waals surface area contributed by atoms with Gasteiger partial charge in [-0.3, -0.25) is 4.90 Å². The lowest BCUT2D eigenvalue weighted by Gasteiger charge is -2.29. The molecule has 0 radical (unpaired) electrons. The molecular weight excluding hydrogens is 304 g/mol. The van der Waals surface area contributed by atoms with Gasteiger partial charge in [0.15, 0.2) is 0 Å². The summed E-state index contributed by atoms with van der Waals surface area (Å²) < 4.78 is 0. The average Bonchev–Trinajstić information content (AvgIpc) is 2.41. The maximum atomic E-state index is 9.66. The number of aliphatic hydroxyl groups excluding tert-OH is 2. The zero-order chi connectivity index (χ0) is 18.5. The monoisotopic (exact) mass is 346 g/mol. The smallest absolute Gasteiger partial charge is 0.0639 e. The van der Waals surface area contributed by atoms with Gasteiger partial charge in [0.05, 0.1) is 12.2 Å². The minimum absolute atomic E-state index is 0.361. The first-order chi connectivity index (χ1) is 11.2. The van der Waals surface area contributed by atoms with E-state index in [9.17, 15) is 10.2 Å². The fraction of sp³-hybridized carbons (Fsp3) is 1.00. The SMILES string of the molecule is CC(O)CN(CCN(CCCN(C)C)CCCN(C)C)CC(C)O. The van der Waals surface area contributed by atoms with E-state index in [1.54, 1.807) is 13.8 Å². The number of hydrogen-bond acceptors (Lipinski definition) is 6. The minimum Gasteiger partial charge on any atom is -0.392 e. The highest BCUT2D eigenvalue weighted by atomic mass is 16.3. The molecule has 146 valence electrons. The van der Waals surface area contributed by atoms with E-state index in [0.29, 0.717) is 13.1 Å². The third-order valence-electron chi connectivity index (χ3n) is 3.94. The molecule has 0 bridgehead atoms. The van der Waals surface area contributed by atoms with Crippen LogP contribution in [0, 0.1) is 0 Å². The molecule has 0 amide bonds. The predicted molar refractivity (Wildman–Crippen MR) is 103 cm³/mol. The molecule has 2 atom stereocenters. The Morgan fingerprint density at radius 2 is 0.958 bits per heavy atom. The Morgan fingerprint density at radius 1 is 0.583 bits per heavy atom. The topological polar surface area (TPSA) is 53.4 Å². The molecule has 2 N–H and O–H groups in total. The van der Waals surface area contributed by atoms with Gasteiger partial charge >= 0.3 is 0 Å². The summed E-state index contributed by atoms with van der Waals surface area (Å²) in [4.78, 5) is 9.14. The van der Waals surface area contributed by atoms with Crippen LogP contribution in [0.2, 0.25) is 0 Å². The van der Waals surface area contributed by atoms with Crippen molar-refractivity contribution in [2.24, 2.45) is 0 Å². The molecule has 6 nitrogen and oxygen atoms in total. The zero-order valence-corrected chi connectivity index (χ0v) is 16.9. The first-order valence-electron chi connectivity index (χ1n) is 9.31. The van der Waals surface area contributed by atoms with Crippen molar-refractivity contribution in [1.82, 2.24) is 19.6 Å². The van der Waals surface area contributed by atoms with Gasteiger partial charge in [-0.15, -0.1) is 0 Å². The lowest BCUT2D eigenvalue weighted by atomic mass is 10.2. The van der Waals surface area contributed by atoms with E-state index < -0.39 is 0 Å². The third kappa shape index (κ3) is 15.3. The van der Waals surface area contributed by atoms with Crippen molar-refractivity contribution in [2.45, 2.75) is 38.9 Å². The third-order valence-corrected chi connectivity index (χ3v) is 3.94. The van der Waals surface area contributed by atoms with Crippen molar-refractivity contribution >= 4 is 0 Å². The first-order valence-corrected chi connectivity index (χ1v) is 9.31. The van der Waals surface area contributed by atoms with Gasteiger partial charge in [-0.05, 0) is 81.1 Å². The lowest BCUT2D eigenvalue weighted by Crippen LogP contribution is -2.42. The Morgan fingerprint density at radius 3 is 1.29 bits per heavy atom. The maximum Gasteiger partial charge on any atom is 0.0639 e. The van der Waals surface area contributed by atoms with E-state index in [4.69, 9.17) is 0 Å². The predicted octanol–water partition coefficient (Wildman–Crippen LogP) is 0.255. The Kier molecular flexibility index (Phi) is 13.8. The van der Waals surface area contributed by atoms with Crippen molar-refractivity contribution in [3.63, 3.8) is 0 Å². The molecule has 0 aromatic rings. The van der Waals surface area contributed by atoms with Crippen LogP contribution in [0.4, 0.5) is 0 Å². The second-order valence-corrected chi connectivity index (χ2v) is 7.61. The molecule has 2 unspecified atom stereocenters. The van der Waals surface area contributed by atoms with Crippen molar-refractivity contribution < 1.29 is 10.2 Å². The van der Waals surface area contributed by atoms with Crippen LogP contribution in [0.3, 0.4) is 0 Å². The minimum atomic E-state index is -0.361. The molecule has 24 heavy (non-hydrogen) atoms. The number of nitrogens with zero attached hydrogens (tertiary/aromatic N) is 4. The summed E-state index contributed by atoms with van der Waals surface area (Å²) in [7, 11) is 8.46. The van der Waals surface area contributed by atoms with Crippen LogP contribution >= 0.6 is 0 Å². The quantitative estimate of drug-likeness (QED) is 0.444. The molecule has 0 saturated carbocycles. The standard InChI is InChI=1S/C18H42N4O2/c1-17(23)15-22(16-18(2)24)14-13-21(11-7-9-19(3)4)12-8-10-20(5)6/h17-18,23-24H,7-16H2,1-6H3. The van der Waals surface area contributed by atoms with Crippen LogP contribution < -0.4 is 0 Å². The molecule has 0 aliphatic heterocycles. The Balaban J connectivity index is 4.39. The van der Waals surface area contributed by atoms with Crippen molar-refractivity contribution in [2.75, 3.05) is 80.5 Å². The van der Waals surface area contributed by atoms with Crippen LogP contribution in [0.25, 0.3) is 0 Å². The van der Waals surface area contributed by atoms with Gasteiger partial charge in [0, 0.05) is 26.2 Å².